The van der Waals surface area contributed by atoms with Crippen molar-refractivity contribution in [3.8, 4) is 5.75 Å². The smallest absolute Gasteiger partial charge is 0.258 e. The van der Waals surface area contributed by atoms with Gasteiger partial charge in [0.2, 0.25) is 0 Å². The maximum atomic E-state index is 13.3. The van der Waals surface area contributed by atoms with Crippen molar-refractivity contribution in [2.45, 2.75) is 18.9 Å². The number of benzene rings is 1. The first kappa shape index (κ1) is 15.7. The number of carbonyl (C=O) groups excluding carboxylic acids is 1. The maximum Gasteiger partial charge on any atom is 0.258 e. The fraction of sp³-hybridized carbons (Fsp3) is 0.462. The van der Waals surface area contributed by atoms with Gasteiger partial charge in [-0.3, -0.25) is 4.79 Å². The normalized spacial score (nSPS) is 23.8. The van der Waals surface area contributed by atoms with Crippen LogP contribution in [-0.2, 0) is 14.6 Å². The van der Waals surface area contributed by atoms with Crippen LogP contribution in [0.5, 0.6) is 5.75 Å². The molecule has 1 saturated heterocycles. The van der Waals surface area contributed by atoms with Crippen LogP contribution in [-0.4, -0.2) is 38.0 Å². The first-order valence-electron chi connectivity index (χ1n) is 6.28. The quantitative estimate of drug-likeness (QED) is 0.900. The van der Waals surface area contributed by atoms with Crippen molar-refractivity contribution >= 4 is 15.7 Å². The molecule has 1 unspecified atom stereocenters. The molecule has 0 aromatic heterocycles. The van der Waals surface area contributed by atoms with Crippen molar-refractivity contribution in [2.75, 3.05) is 18.1 Å². The van der Waals surface area contributed by atoms with Crippen molar-refractivity contribution < 1.29 is 26.7 Å². The lowest BCUT2D eigenvalue weighted by atomic mass is 10.0. The molecule has 1 amide bonds. The van der Waals surface area contributed by atoms with Gasteiger partial charge in [0.25, 0.3) is 5.91 Å². The van der Waals surface area contributed by atoms with Gasteiger partial charge in [0, 0.05) is 6.07 Å². The summed E-state index contributed by atoms with van der Waals surface area (Å²) < 4.78 is 53.8. The number of ether oxygens (including phenoxy) is 1. The predicted octanol–water partition coefficient (Wildman–Crippen LogP) is 1.04. The minimum atomic E-state index is -3.14. The fourth-order valence-corrected chi connectivity index (χ4v) is 4.31. The van der Waals surface area contributed by atoms with E-state index in [0.717, 1.165) is 12.1 Å². The molecule has 116 valence electrons. The summed E-state index contributed by atoms with van der Waals surface area (Å²) in [6.07, 6.45) is 0.325. The standard InChI is InChI=1S/C13H15F2NO4S/c1-13(4-5-21(18,19)8-13)16-12(17)7-20-11-3-2-9(14)6-10(11)15/h2-3,6H,4-5,7-8H2,1H3,(H,16,17). The van der Waals surface area contributed by atoms with Gasteiger partial charge < -0.3 is 10.1 Å². The Labute approximate surface area is 121 Å². The highest BCUT2D eigenvalue weighted by Gasteiger charge is 2.39. The Morgan fingerprint density at radius 2 is 2.14 bits per heavy atom. The molecule has 1 aromatic rings. The molecular formula is C13H15F2NO4S. The molecule has 1 N–H and O–H groups in total. The van der Waals surface area contributed by atoms with Gasteiger partial charge in [-0.1, -0.05) is 0 Å². The third-order valence-electron chi connectivity index (χ3n) is 3.20. The number of carbonyl (C=O) groups is 1. The Hall–Kier alpha value is -1.70. The van der Waals surface area contributed by atoms with Gasteiger partial charge in [-0.2, -0.15) is 0 Å². The number of halogens is 2. The molecule has 1 aliphatic rings. The van der Waals surface area contributed by atoms with Crippen LogP contribution < -0.4 is 10.1 Å². The molecule has 1 atom stereocenters. The summed E-state index contributed by atoms with van der Waals surface area (Å²) in [7, 11) is -3.14. The molecule has 0 radical (unpaired) electrons. The molecule has 1 heterocycles. The minimum Gasteiger partial charge on any atom is -0.481 e. The van der Waals surface area contributed by atoms with Gasteiger partial charge >= 0.3 is 0 Å². The van der Waals surface area contributed by atoms with Gasteiger partial charge in [-0.05, 0) is 25.5 Å². The number of nitrogens with one attached hydrogen (secondary N) is 1. The lowest BCUT2D eigenvalue weighted by Gasteiger charge is -2.23. The average Bonchev–Trinajstić information content (AvgIpc) is 2.62. The third kappa shape index (κ3) is 4.13. The van der Waals surface area contributed by atoms with Crippen LogP contribution in [0.25, 0.3) is 0 Å². The summed E-state index contributed by atoms with van der Waals surface area (Å²) >= 11 is 0. The fourth-order valence-electron chi connectivity index (χ4n) is 2.22. The predicted molar refractivity (Wildman–Crippen MR) is 71.7 cm³/mol. The lowest BCUT2D eigenvalue weighted by molar-refractivity contribution is -0.124. The highest BCUT2D eigenvalue weighted by atomic mass is 32.2. The lowest BCUT2D eigenvalue weighted by Crippen LogP contribution is -2.48. The topological polar surface area (TPSA) is 72.5 Å². The molecule has 0 aliphatic carbocycles. The SMILES string of the molecule is CC1(NC(=O)COc2ccc(F)cc2F)CCS(=O)(=O)C1. The highest BCUT2D eigenvalue weighted by Crippen LogP contribution is 2.23. The second-order valence-electron chi connectivity index (χ2n) is 5.31. The number of amides is 1. The van der Waals surface area contributed by atoms with E-state index in [-0.39, 0.29) is 17.3 Å². The van der Waals surface area contributed by atoms with E-state index in [4.69, 9.17) is 4.74 Å². The Kier molecular flexibility index (Phi) is 4.18. The molecule has 2 rings (SSSR count). The molecular weight excluding hydrogens is 304 g/mol. The molecule has 0 saturated carbocycles. The Bertz CT molecular complexity index is 662. The van der Waals surface area contributed by atoms with Crippen LogP contribution >= 0.6 is 0 Å². The van der Waals surface area contributed by atoms with E-state index in [1.165, 1.54) is 0 Å². The van der Waals surface area contributed by atoms with E-state index in [1.54, 1.807) is 6.92 Å². The van der Waals surface area contributed by atoms with E-state index in [0.29, 0.717) is 12.5 Å². The second-order valence-corrected chi connectivity index (χ2v) is 7.50. The molecule has 0 bridgehead atoms. The van der Waals surface area contributed by atoms with Gasteiger partial charge in [0.1, 0.15) is 5.82 Å². The summed E-state index contributed by atoms with van der Waals surface area (Å²) in [6.45, 7) is 1.16. The van der Waals surface area contributed by atoms with Crippen molar-refractivity contribution in [3.63, 3.8) is 0 Å². The molecule has 21 heavy (non-hydrogen) atoms. The van der Waals surface area contributed by atoms with Crippen LogP contribution in [0.2, 0.25) is 0 Å². The number of hydrogen-bond donors (Lipinski definition) is 1. The van der Waals surface area contributed by atoms with E-state index in [9.17, 15) is 22.0 Å². The first-order valence-corrected chi connectivity index (χ1v) is 8.11. The Morgan fingerprint density at radius 1 is 1.43 bits per heavy atom. The van der Waals surface area contributed by atoms with Gasteiger partial charge in [0.15, 0.2) is 28.0 Å². The zero-order valence-corrected chi connectivity index (χ0v) is 12.2. The number of sulfone groups is 1. The third-order valence-corrected chi connectivity index (χ3v) is 5.10. The maximum absolute atomic E-state index is 13.3. The number of hydrogen-bond acceptors (Lipinski definition) is 4. The van der Waals surface area contributed by atoms with Crippen molar-refractivity contribution in [2.24, 2.45) is 0 Å². The van der Waals surface area contributed by atoms with Crippen molar-refractivity contribution in [3.05, 3.63) is 29.8 Å². The van der Waals surface area contributed by atoms with Crippen LogP contribution in [0.3, 0.4) is 0 Å². The highest BCUT2D eigenvalue weighted by molar-refractivity contribution is 7.91. The van der Waals surface area contributed by atoms with E-state index >= 15 is 0 Å². The van der Waals surface area contributed by atoms with E-state index in [1.807, 2.05) is 0 Å². The number of rotatable bonds is 4. The minimum absolute atomic E-state index is 0.0250. The Balaban J connectivity index is 1.91. The average molecular weight is 319 g/mol. The Morgan fingerprint density at radius 3 is 2.71 bits per heavy atom. The van der Waals surface area contributed by atoms with Crippen molar-refractivity contribution in [1.29, 1.82) is 0 Å². The summed E-state index contributed by atoms with van der Waals surface area (Å²) in [5.74, 6) is -2.55. The second kappa shape index (κ2) is 5.59. The molecule has 0 spiro atoms. The molecule has 1 aromatic carbocycles. The van der Waals surface area contributed by atoms with Crippen LogP contribution in [0.15, 0.2) is 18.2 Å². The van der Waals surface area contributed by atoms with Gasteiger partial charge in [-0.15, -0.1) is 0 Å². The zero-order chi connectivity index (χ0) is 15.7. The van der Waals surface area contributed by atoms with Crippen LogP contribution in [0, 0.1) is 11.6 Å². The summed E-state index contributed by atoms with van der Waals surface area (Å²) in [6, 6.07) is 2.75. The van der Waals surface area contributed by atoms with Crippen LogP contribution in [0.1, 0.15) is 13.3 Å². The summed E-state index contributed by atoms with van der Waals surface area (Å²) in [5.41, 5.74) is -0.833. The van der Waals surface area contributed by atoms with Gasteiger partial charge in [0.05, 0.1) is 17.0 Å². The largest absolute Gasteiger partial charge is 0.481 e. The van der Waals surface area contributed by atoms with Crippen molar-refractivity contribution in [1.82, 2.24) is 5.32 Å². The van der Waals surface area contributed by atoms with E-state index < -0.39 is 39.5 Å². The van der Waals surface area contributed by atoms with E-state index in [2.05, 4.69) is 5.32 Å². The molecule has 8 heteroatoms. The first-order chi connectivity index (χ1) is 9.69. The van der Waals surface area contributed by atoms with Gasteiger partial charge in [-0.25, -0.2) is 17.2 Å². The summed E-state index contributed by atoms with van der Waals surface area (Å²) in [5, 5.41) is 2.57. The molecule has 1 fully saturated rings. The summed E-state index contributed by atoms with van der Waals surface area (Å²) in [4.78, 5) is 11.7. The molecule has 1 aliphatic heterocycles. The molecule has 5 nitrogen and oxygen atoms in total. The monoisotopic (exact) mass is 319 g/mol. The van der Waals surface area contributed by atoms with Crippen LogP contribution in [0.4, 0.5) is 8.78 Å². The zero-order valence-electron chi connectivity index (χ0n) is 11.4.